The molecule has 37 heavy (non-hydrogen) atoms. The Morgan fingerprint density at radius 2 is 1.84 bits per heavy atom. The van der Waals surface area contributed by atoms with E-state index in [1.54, 1.807) is 24.7 Å². The van der Waals surface area contributed by atoms with E-state index in [1.807, 2.05) is 6.92 Å². The van der Waals surface area contributed by atoms with Crippen LogP contribution in [0.3, 0.4) is 0 Å². The average Bonchev–Trinajstić information content (AvgIpc) is 3.51. The van der Waals surface area contributed by atoms with Crippen LogP contribution in [0.2, 0.25) is 0 Å². The van der Waals surface area contributed by atoms with Crippen LogP contribution in [0.15, 0.2) is 49.1 Å². The molecule has 0 radical (unpaired) electrons. The van der Waals surface area contributed by atoms with Gasteiger partial charge in [-0.25, -0.2) is 19.3 Å². The van der Waals surface area contributed by atoms with E-state index in [0.717, 1.165) is 36.2 Å². The Morgan fingerprint density at radius 3 is 2.54 bits per heavy atom. The summed E-state index contributed by atoms with van der Waals surface area (Å²) >= 11 is 0. The number of carbonyl (C=O) groups excluding carboxylic acids is 1. The van der Waals surface area contributed by atoms with E-state index < -0.39 is 21.8 Å². The van der Waals surface area contributed by atoms with Gasteiger partial charge in [0.1, 0.15) is 11.5 Å². The SMILES string of the molecule is CC1CCN(S(=O)(=O)Nc2cccc(C(=O)c3c[nH]c4ncc(-c5cnc(C6CC6)nc5)cc34)c2F)C1. The molecule has 4 aromatic rings. The molecule has 9 nitrogen and oxygen atoms in total. The summed E-state index contributed by atoms with van der Waals surface area (Å²) in [6, 6.07) is 5.90. The number of carbonyl (C=O) groups is 1. The van der Waals surface area contributed by atoms with Crippen molar-refractivity contribution in [2.75, 3.05) is 17.8 Å². The van der Waals surface area contributed by atoms with Crippen LogP contribution in [0.1, 0.15) is 53.8 Å². The molecule has 0 spiro atoms. The highest BCUT2D eigenvalue weighted by atomic mass is 32.2. The monoisotopic (exact) mass is 520 g/mol. The van der Waals surface area contributed by atoms with E-state index in [-0.39, 0.29) is 22.7 Å². The summed E-state index contributed by atoms with van der Waals surface area (Å²) in [4.78, 5) is 29.7. The molecule has 190 valence electrons. The predicted octanol–water partition coefficient (Wildman–Crippen LogP) is 4.27. The summed E-state index contributed by atoms with van der Waals surface area (Å²) < 4.78 is 44.6. The first-order valence-corrected chi connectivity index (χ1v) is 13.6. The standard InChI is InChI=1S/C26H25FN6O3S/c1-15-7-8-33(14-15)37(35,36)32-22-4-2-3-19(23(22)27)24(34)21-13-31-26-20(21)9-17(10-30-26)18-11-28-25(29-12-18)16-5-6-16/h2-4,9-13,15-16,32H,5-8,14H2,1H3,(H,30,31). The van der Waals surface area contributed by atoms with Crippen LogP contribution in [0, 0.1) is 11.7 Å². The van der Waals surface area contributed by atoms with Gasteiger partial charge in [-0.3, -0.25) is 9.52 Å². The van der Waals surface area contributed by atoms with Crippen molar-refractivity contribution in [3.8, 4) is 11.1 Å². The van der Waals surface area contributed by atoms with Crippen molar-refractivity contribution in [3.05, 3.63) is 71.8 Å². The van der Waals surface area contributed by atoms with Gasteiger partial charge in [-0.1, -0.05) is 13.0 Å². The summed E-state index contributed by atoms with van der Waals surface area (Å²) in [7, 11) is -3.94. The number of nitrogens with zero attached hydrogens (tertiary/aromatic N) is 4. The number of hydrogen-bond donors (Lipinski definition) is 2. The number of aromatic nitrogens is 4. The third-order valence-electron chi connectivity index (χ3n) is 6.93. The molecular formula is C26H25FN6O3S. The number of nitrogens with one attached hydrogen (secondary N) is 2. The lowest BCUT2D eigenvalue weighted by atomic mass is 10.0. The molecule has 1 atom stereocenters. The van der Waals surface area contributed by atoms with Crippen LogP contribution >= 0.6 is 0 Å². The Labute approximate surface area is 213 Å². The second kappa shape index (κ2) is 9.00. The Hall–Kier alpha value is -3.70. The van der Waals surface area contributed by atoms with Crippen LogP contribution in [0.4, 0.5) is 10.1 Å². The molecule has 1 saturated carbocycles. The van der Waals surface area contributed by atoms with Crippen LogP contribution in [0.25, 0.3) is 22.2 Å². The van der Waals surface area contributed by atoms with Crippen LogP contribution < -0.4 is 4.72 Å². The van der Waals surface area contributed by atoms with Gasteiger partial charge >= 0.3 is 10.2 Å². The average molecular weight is 521 g/mol. The minimum Gasteiger partial charge on any atom is -0.345 e. The maximum atomic E-state index is 15.5. The topological polar surface area (TPSA) is 121 Å². The van der Waals surface area contributed by atoms with Crippen molar-refractivity contribution in [3.63, 3.8) is 0 Å². The zero-order valence-electron chi connectivity index (χ0n) is 20.1. The molecule has 1 saturated heterocycles. The van der Waals surface area contributed by atoms with Gasteiger partial charge in [0.2, 0.25) is 0 Å². The van der Waals surface area contributed by atoms with E-state index in [9.17, 15) is 13.2 Å². The van der Waals surface area contributed by atoms with Gasteiger partial charge in [0.05, 0.1) is 11.3 Å². The van der Waals surface area contributed by atoms with Gasteiger partial charge in [-0.2, -0.15) is 12.7 Å². The van der Waals surface area contributed by atoms with Gasteiger partial charge in [-0.05, 0) is 43.4 Å². The fourth-order valence-electron chi connectivity index (χ4n) is 4.64. The molecular weight excluding hydrogens is 495 g/mol. The molecule has 2 fully saturated rings. The van der Waals surface area contributed by atoms with Crippen molar-refractivity contribution >= 4 is 32.7 Å². The molecule has 4 heterocycles. The molecule has 2 aliphatic rings. The highest BCUT2D eigenvalue weighted by Crippen LogP contribution is 2.38. The lowest BCUT2D eigenvalue weighted by Crippen LogP contribution is -2.34. The van der Waals surface area contributed by atoms with Crippen molar-refractivity contribution in [1.82, 2.24) is 24.2 Å². The molecule has 1 unspecified atom stereocenters. The van der Waals surface area contributed by atoms with Crippen molar-refractivity contribution in [1.29, 1.82) is 0 Å². The minimum atomic E-state index is -3.94. The molecule has 6 rings (SSSR count). The zero-order chi connectivity index (χ0) is 25.7. The van der Waals surface area contributed by atoms with Crippen LogP contribution in [-0.4, -0.2) is 51.5 Å². The number of pyridine rings is 1. The van der Waals surface area contributed by atoms with E-state index in [2.05, 4.69) is 24.7 Å². The first kappa shape index (κ1) is 23.7. The number of H-pyrrole nitrogens is 1. The summed E-state index contributed by atoms with van der Waals surface area (Å²) in [5.41, 5.74) is 1.69. The largest absolute Gasteiger partial charge is 0.345 e. The number of halogens is 1. The van der Waals surface area contributed by atoms with E-state index >= 15 is 4.39 Å². The number of ketones is 1. The second-order valence-electron chi connectivity index (χ2n) is 9.78. The van der Waals surface area contributed by atoms with Gasteiger partial charge in [0, 0.05) is 65.9 Å². The van der Waals surface area contributed by atoms with Gasteiger partial charge < -0.3 is 4.98 Å². The Kier molecular flexibility index (Phi) is 5.76. The van der Waals surface area contributed by atoms with Crippen molar-refractivity contribution < 1.29 is 17.6 Å². The summed E-state index contributed by atoms with van der Waals surface area (Å²) in [5, 5.41) is 0.519. The first-order valence-electron chi connectivity index (χ1n) is 12.2. The first-order chi connectivity index (χ1) is 17.8. The summed E-state index contributed by atoms with van der Waals surface area (Å²) in [6.45, 7) is 2.71. The van der Waals surface area contributed by atoms with E-state index in [4.69, 9.17) is 0 Å². The number of rotatable bonds is 7. The van der Waals surface area contributed by atoms with Crippen molar-refractivity contribution in [2.24, 2.45) is 5.92 Å². The zero-order valence-corrected chi connectivity index (χ0v) is 20.9. The lowest BCUT2D eigenvalue weighted by molar-refractivity contribution is 0.103. The van der Waals surface area contributed by atoms with Gasteiger partial charge in [0.15, 0.2) is 11.6 Å². The Morgan fingerprint density at radius 1 is 1.08 bits per heavy atom. The van der Waals surface area contributed by atoms with Crippen molar-refractivity contribution in [2.45, 2.75) is 32.1 Å². The molecule has 0 amide bonds. The highest BCUT2D eigenvalue weighted by Gasteiger charge is 2.31. The highest BCUT2D eigenvalue weighted by molar-refractivity contribution is 7.90. The van der Waals surface area contributed by atoms with E-state index in [1.165, 1.54) is 28.7 Å². The number of hydrogen-bond acceptors (Lipinski definition) is 6. The number of fused-ring (bicyclic) bond motifs is 1. The maximum absolute atomic E-state index is 15.5. The molecule has 1 aliphatic carbocycles. The predicted molar refractivity (Wildman–Crippen MR) is 137 cm³/mol. The smallest absolute Gasteiger partial charge is 0.301 e. The molecule has 1 aromatic carbocycles. The normalized spacial score (nSPS) is 18.4. The quantitative estimate of drug-likeness (QED) is 0.351. The molecule has 1 aliphatic heterocycles. The molecule has 11 heteroatoms. The summed E-state index contributed by atoms with van der Waals surface area (Å²) in [6.07, 6.45) is 9.60. The lowest BCUT2D eigenvalue weighted by Gasteiger charge is -2.18. The molecule has 3 aromatic heterocycles. The van der Waals surface area contributed by atoms with Crippen LogP contribution in [0.5, 0.6) is 0 Å². The van der Waals surface area contributed by atoms with Gasteiger partial charge in [-0.15, -0.1) is 0 Å². The maximum Gasteiger partial charge on any atom is 0.301 e. The number of aromatic amines is 1. The summed E-state index contributed by atoms with van der Waals surface area (Å²) in [5.74, 6) is 0.000233. The third-order valence-corrected chi connectivity index (χ3v) is 8.42. The molecule has 0 bridgehead atoms. The Bertz CT molecular complexity index is 1620. The van der Waals surface area contributed by atoms with E-state index in [0.29, 0.717) is 30.0 Å². The Balaban J connectivity index is 1.30. The fraction of sp³-hybridized carbons (Fsp3) is 0.308. The second-order valence-corrected chi connectivity index (χ2v) is 11.5. The molecule has 2 N–H and O–H groups in total. The van der Waals surface area contributed by atoms with Gasteiger partial charge in [0.25, 0.3) is 0 Å². The van der Waals surface area contributed by atoms with Crippen LogP contribution in [-0.2, 0) is 10.2 Å². The fourth-order valence-corrected chi connectivity index (χ4v) is 6.00. The number of anilines is 1. The number of benzene rings is 1. The minimum absolute atomic E-state index is 0.229. The third kappa shape index (κ3) is 4.49.